The number of nitrogens with two attached hydrogens (primary N) is 1. The van der Waals surface area contributed by atoms with E-state index in [0.717, 1.165) is 11.3 Å². The third-order valence-corrected chi connectivity index (χ3v) is 3.03. The molecule has 1 aromatic rings. The van der Waals surface area contributed by atoms with Gasteiger partial charge in [0.2, 0.25) is 0 Å². The molecule has 0 aromatic heterocycles. The van der Waals surface area contributed by atoms with Crippen LogP contribution in [0.15, 0.2) is 18.2 Å². The van der Waals surface area contributed by atoms with Crippen LogP contribution < -0.4 is 10.6 Å². The van der Waals surface area contributed by atoms with E-state index in [4.69, 9.17) is 5.73 Å². The largest absolute Gasteiger partial charge is 0.390 e. The number of hydrogen-bond acceptors (Lipinski definition) is 3. The van der Waals surface area contributed by atoms with Crippen molar-refractivity contribution < 1.29 is 9.50 Å². The first-order valence-corrected chi connectivity index (χ1v) is 5.03. The van der Waals surface area contributed by atoms with Gasteiger partial charge in [0.1, 0.15) is 5.82 Å². The maximum absolute atomic E-state index is 13.0. The summed E-state index contributed by atoms with van der Waals surface area (Å²) >= 11 is 0. The molecule has 1 heterocycles. The predicted molar refractivity (Wildman–Crippen MR) is 57.4 cm³/mol. The first-order valence-electron chi connectivity index (χ1n) is 5.03. The number of halogens is 1. The lowest BCUT2D eigenvalue weighted by Gasteiger charge is -2.26. The molecule has 1 aromatic carbocycles. The first kappa shape index (κ1) is 10.4. The maximum Gasteiger partial charge on any atom is 0.123 e. The quantitative estimate of drug-likeness (QED) is 0.747. The Morgan fingerprint density at radius 3 is 3.07 bits per heavy atom. The summed E-state index contributed by atoms with van der Waals surface area (Å²) in [6, 6.07) is 4.67. The van der Waals surface area contributed by atoms with E-state index in [1.54, 1.807) is 6.07 Å². The molecule has 1 aliphatic heterocycles. The normalized spacial score (nSPS) is 21.6. The number of aliphatic hydroxyl groups is 1. The van der Waals surface area contributed by atoms with Crippen LogP contribution in [0.1, 0.15) is 5.56 Å². The molecule has 0 amide bonds. The summed E-state index contributed by atoms with van der Waals surface area (Å²) in [7, 11) is 1.90. The van der Waals surface area contributed by atoms with E-state index in [1.807, 2.05) is 11.9 Å². The van der Waals surface area contributed by atoms with E-state index in [2.05, 4.69) is 0 Å². The van der Waals surface area contributed by atoms with Gasteiger partial charge in [0.25, 0.3) is 0 Å². The third kappa shape index (κ3) is 1.70. The zero-order valence-electron chi connectivity index (χ0n) is 8.65. The molecule has 2 unspecified atom stereocenters. The summed E-state index contributed by atoms with van der Waals surface area (Å²) in [5.41, 5.74) is 7.35. The van der Waals surface area contributed by atoms with Gasteiger partial charge in [0.05, 0.1) is 12.1 Å². The fraction of sp³-hybridized carbons (Fsp3) is 0.455. The Labute approximate surface area is 88.3 Å². The second kappa shape index (κ2) is 3.79. The highest BCUT2D eigenvalue weighted by Gasteiger charge is 2.31. The van der Waals surface area contributed by atoms with Crippen molar-refractivity contribution in [2.75, 3.05) is 18.5 Å². The lowest BCUT2D eigenvalue weighted by Crippen LogP contribution is -2.43. The Balaban J connectivity index is 2.28. The van der Waals surface area contributed by atoms with Crippen LogP contribution in [0.5, 0.6) is 0 Å². The number of aliphatic hydroxyl groups excluding tert-OH is 1. The summed E-state index contributed by atoms with van der Waals surface area (Å²) in [5.74, 6) is -0.231. The van der Waals surface area contributed by atoms with Crippen molar-refractivity contribution in [2.45, 2.75) is 18.6 Å². The molecule has 0 aliphatic carbocycles. The van der Waals surface area contributed by atoms with Crippen molar-refractivity contribution in [3.05, 3.63) is 29.6 Å². The standard InChI is InChI=1S/C11H15FN2O/c1-14-9-3-2-8(12)4-7(9)5-10(14)11(15)6-13/h2-4,10-11,15H,5-6,13H2,1H3. The van der Waals surface area contributed by atoms with Gasteiger partial charge >= 0.3 is 0 Å². The second-order valence-corrected chi connectivity index (χ2v) is 3.96. The smallest absolute Gasteiger partial charge is 0.123 e. The molecule has 2 atom stereocenters. The molecule has 0 saturated carbocycles. The number of fused-ring (bicyclic) bond motifs is 1. The maximum atomic E-state index is 13.0. The third-order valence-electron chi connectivity index (χ3n) is 3.03. The Kier molecular flexibility index (Phi) is 2.63. The second-order valence-electron chi connectivity index (χ2n) is 3.96. The number of likely N-dealkylation sites (N-methyl/N-ethyl adjacent to an activating group) is 1. The van der Waals surface area contributed by atoms with Gasteiger partial charge in [-0.15, -0.1) is 0 Å². The number of rotatable bonds is 2. The average Bonchev–Trinajstić information content (AvgIpc) is 2.54. The van der Waals surface area contributed by atoms with Gasteiger partial charge in [-0.25, -0.2) is 4.39 Å². The molecule has 0 spiro atoms. The zero-order valence-corrected chi connectivity index (χ0v) is 8.65. The fourth-order valence-corrected chi connectivity index (χ4v) is 2.15. The Morgan fingerprint density at radius 1 is 1.67 bits per heavy atom. The first-order chi connectivity index (χ1) is 7.13. The molecule has 0 fully saturated rings. The summed E-state index contributed by atoms with van der Waals surface area (Å²) in [6.07, 6.45) is 0.0903. The van der Waals surface area contributed by atoms with Gasteiger partial charge in [-0.2, -0.15) is 0 Å². The van der Waals surface area contributed by atoms with E-state index < -0.39 is 6.10 Å². The summed E-state index contributed by atoms with van der Waals surface area (Å²) < 4.78 is 13.0. The molecular formula is C11H15FN2O. The highest BCUT2D eigenvalue weighted by molar-refractivity contribution is 5.59. The molecule has 4 heteroatoms. The van der Waals surface area contributed by atoms with Gasteiger partial charge in [-0.1, -0.05) is 0 Å². The molecule has 0 saturated heterocycles. The lowest BCUT2D eigenvalue weighted by atomic mass is 10.1. The molecule has 0 bridgehead atoms. The topological polar surface area (TPSA) is 49.5 Å². The molecule has 2 rings (SSSR count). The van der Waals surface area contributed by atoms with Crippen LogP contribution in [-0.4, -0.2) is 30.8 Å². The van der Waals surface area contributed by atoms with Crippen molar-refractivity contribution >= 4 is 5.69 Å². The minimum atomic E-state index is -0.564. The van der Waals surface area contributed by atoms with Gasteiger partial charge in [-0.05, 0) is 30.2 Å². The van der Waals surface area contributed by atoms with Crippen molar-refractivity contribution in [3.8, 4) is 0 Å². The van der Waals surface area contributed by atoms with Crippen molar-refractivity contribution in [1.29, 1.82) is 0 Å². The van der Waals surface area contributed by atoms with Crippen molar-refractivity contribution in [2.24, 2.45) is 5.73 Å². The fourth-order valence-electron chi connectivity index (χ4n) is 2.15. The highest BCUT2D eigenvalue weighted by atomic mass is 19.1. The number of benzene rings is 1. The van der Waals surface area contributed by atoms with E-state index >= 15 is 0 Å². The predicted octanol–water partition coefficient (Wildman–Crippen LogP) is 0.506. The van der Waals surface area contributed by atoms with E-state index in [1.165, 1.54) is 12.1 Å². The van der Waals surface area contributed by atoms with Crippen LogP contribution in [0.25, 0.3) is 0 Å². The number of hydrogen-bond donors (Lipinski definition) is 2. The van der Waals surface area contributed by atoms with Crippen LogP contribution >= 0.6 is 0 Å². The SMILES string of the molecule is CN1c2ccc(F)cc2CC1C(O)CN. The molecule has 1 aliphatic rings. The number of nitrogens with zero attached hydrogens (tertiary/aromatic N) is 1. The number of anilines is 1. The van der Waals surface area contributed by atoms with Crippen LogP contribution in [0, 0.1) is 5.82 Å². The average molecular weight is 210 g/mol. The molecule has 82 valence electrons. The van der Waals surface area contributed by atoms with E-state index in [-0.39, 0.29) is 18.4 Å². The Bertz CT molecular complexity index is 370. The van der Waals surface area contributed by atoms with Crippen LogP contribution in [0.2, 0.25) is 0 Å². The minimum absolute atomic E-state index is 0.0354. The Morgan fingerprint density at radius 2 is 2.40 bits per heavy atom. The van der Waals surface area contributed by atoms with Crippen LogP contribution in [0.4, 0.5) is 10.1 Å². The van der Waals surface area contributed by atoms with Crippen LogP contribution in [-0.2, 0) is 6.42 Å². The van der Waals surface area contributed by atoms with Crippen molar-refractivity contribution in [3.63, 3.8) is 0 Å². The van der Waals surface area contributed by atoms with E-state index in [9.17, 15) is 9.50 Å². The zero-order chi connectivity index (χ0) is 11.0. The van der Waals surface area contributed by atoms with Crippen molar-refractivity contribution in [1.82, 2.24) is 0 Å². The molecule has 15 heavy (non-hydrogen) atoms. The monoisotopic (exact) mass is 210 g/mol. The van der Waals surface area contributed by atoms with Gasteiger partial charge in [0, 0.05) is 19.3 Å². The summed E-state index contributed by atoms with van der Waals surface area (Å²) in [4.78, 5) is 1.96. The highest BCUT2D eigenvalue weighted by Crippen LogP contribution is 2.32. The molecular weight excluding hydrogens is 195 g/mol. The Hall–Kier alpha value is -1.13. The lowest BCUT2D eigenvalue weighted by molar-refractivity contribution is 0.153. The van der Waals surface area contributed by atoms with Gasteiger partial charge in [-0.3, -0.25) is 0 Å². The molecule has 3 nitrogen and oxygen atoms in total. The summed E-state index contributed by atoms with van der Waals surface area (Å²) in [5, 5.41) is 9.71. The van der Waals surface area contributed by atoms with Gasteiger partial charge < -0.3 is 15.7 Å². The van der Waals surface area contributed by atoms with Gasteiger partial charge in [0.15, 0.2) is 0 Å². The minimum Gasteiger partial charge on any atom is -0.390 e. The molecule has 0 radical (unpaired) electrons. The molecule has 3 N–H and O–H groups in total. The summed E-state index contributed by atoms with van der Waals surface area (Å²) in [6.45, 7) is 0.228. The van der Waals surface area contributed by atoms with Crippen LogP contribution in [0.3, 0.4) is 0 Å². The van der Waals surface area contributed by atoms with E-state index in [0.29, 0.717) is 6.42 Å².